The lowest BCUT2D eigenvalue weighted by Crippen LogP contribution is -2.31. The molecular weight excluding hydrogens is 222 g/mol. The van der Waals surface area contributed by atoms with E-state index in [0.29, 0.717) is 11.5 Å². The molecule has 0 aliphatic heterocycles. The average molecular weight is 237 g/mol. The third-order valence-electron chi connectivity index (χ3n) is 2.39. The Bertz CT molecular complexity index is 498. The molecule has 1 unspecified atom stereocenters. The molecule has 0 aliphatic rings. The maximum Gasteiger partial charge on any atom is 0.262 e. The first-order valence-corrected chi connectivity index (χ1v) is 5.31. The van der Waals surface area contributed by atoms with E-state index in [2.05, 4.69) is 10.5 Å². The van der Waals surface area contributed by atoms with Crippen LogP contribution in [-0.2, 0) is 0 Å². The van der Waals surface area contributed by atoms with E-state index in [4.69, 9.17) is 20.1 Å². The molecule has 2 aromatic rings. The van der Waals surface area contributed by atoms with Crippen molar-refractivity contribution in [1.29, 1.82) is 0 Å². The van der Waals surface area contributed by atoms with Gasteiger partial charge in [-0.25, -0.2) is 0 Å². The van der Waals surface area contributed by atoms with Gasteiger partial charge in [0.1, 0.15) is 6.61 Å². The van der Waals surface area contributed by atoms with Crippen molar-refractivity contribution in [2.24, 2.45) is 5.73 Å². The minimum absolute atomic E-state index is 0.127. The smallest absolute Gasteiger partial charge is 0.262 e. The molecular formula is C11H15N3O3. The third-order valence-corrected chi connectivity index (χ3v) is 2.39. The SMILES string of the molecule is CNc1ccc2onc(OCC(N)CO)c2c1. The molecule has 17 heavy (non-hydrogen) atoms. The summed E-state index contributed by atoms with van der Waals surface area (Å²) in [5.74, 6) is 0.390. The second-order valence-electron chi connectivity index (χ2n) is 3.70. The average Bonchev–Trinajstić information content (AvgIpc) is 2.78. The quantitative estimate of drug-likeness (QED) is 0.703. The summed E-state index contributed by atoms with van der Waals surface area (Å²) in [6.07, 6.45) is 0. The summed E-state index contributed by atoms with van der Waals surface area (Å²) in [5, 5.41) is 16.4. The summed E-state index contributed by atoms with van der Waals surface area (Å²) >= 11 is 0. The molecule has 1 heterocycles. The van der Waals surface area contributed by atoms with Gasteiger partial charge in [0.05, 0.1) is 18.0 Å². The second kappa shape index (κ2) is 5.03. The molecule has 0 saturated heterocycles. The van der Waals surface area contributed by atoms with Crippen LogP contribution >= 0.6 is 0 Å². The Hall–Kier alpha value is -1.79. The molecule has 1 atom stereocenters. The fraction of sp³-hybridized carbons (Fsp3) is 0.364. The predicted molar refractivity (Wildman–Crippen MR) is 64.1 cm³/mol. The van der Waals surface area contributed by atoms with Crippen LogP contribution in [0.2, 0.25) is 0 Å². The summed E-state index contributed by atoms with van der Waals surface area (Å²) in [5.41, 5.74) is 7.14. The van der Waals surface area contributed by atoms with Crippen LogP contribution in [0.5, 0.6) is 5.88 Å². The number of rotatable bonds is 5. The second-order valence-corrected chi connectivity index (χ2v) is 3.70. The van der Waals surface area contributed by atoms with Gasteiger partial charge in [-0.15, -0.1) is 0 Å². The van der Waals surface area contributed by atoms with E-state index < -0.39 is 6.04 Å². The Kier molecular flexibility index (Phi) is 3.46. The van der Waals surface area contributed by atoms with Gasteiger partial charge in [0, 0.05) is 12.7 Å². The van der Waals surface area contributed by atoms with E-state index in [9.17, 15) is 0 Å². The third kappa shape index (κ3) is 2.48. The van der Waals surface area contributed by atoms with E-state index in [1.807, 2.05) is 25.2 Å². The molecule has 0 spiro atoms. The number of nitrogens with zero attached hydrogens (tertiary/aromatic N) is 1. The molecule has 0 radical (unpaired) electrons. The number of aliphatic hydroxyl groups excluding tert-OH is 1. The van der Waals surface area contributed by atoms with Gasteiger partial charge in [-0.05, 0) is 23.4 Å². The first kappa shape index (κ1) is 11.7. The van der Waals surface area contributed by atoms with Crippen molar-refractivity contribution >= 4 is 16.7 Å². The Morgan fingerprint density at radius 1 is 1.59 bits per heavy atom. The normalized spacial score (nSPS) is 12.6. The van der Waals surface area contributed by atoms with Crippen molar-refractivity contribution < 1.29 is 14.4 Å². The zero-order chi connectivity index (χ0) is 12.3. The molecule has 0 fully saturated rings. The van der Waals surface area contributed by atoms with Gasteiger partial charge in [-0.3, -0.25) is 0 Å². The van der Waals surface area contributed by atoms with Gasteiger partial charge in [-0.2, -0.15) is 0 Å². The predicted octanol–water partition coefficient (Wildman–Crippen LogP) is 0.568. The number of hydrogen-bond acceptors (Lipinski definition) is 6. The summed E-state index contributed by atoms with van der Waals surface area (Å²) in [4.78, 5) is 0. The minimum Gasteiger partial charge on any atom is -0.473 e. The number of fused-ring (bicyclic) bond motifs is 1. The zero-order valence-electron chi connectivity index (χ0n) is 9.51. The largest absolute Gasteiger partial charge is 0.473 e. The van der Waals surface area contributed by atoms with Crippen LogP contribution in [0, 0.1) is 0 Å². The molecule has 0 amide bonds. The number of ether oxygens (including phenoxy) is 1. The first-order chi connectivity index (χ1) is 8.24. The molecule has 6 heteroatoms. The van der Waals surface area contributed by atoms with Gasteiger partial charge in [0.2, 0.25) is 0 Å². The Balaban J connectivity index is 2.22. The number of aromatic nitrogens is 1. The highest BCUT2D eigenvalue weighted by Crippen LogP contribution is 2.27. The molecule has 0 bridgehead atoms. The van der Waals surface area contributed by atoms with Crippen LogP contribution in [0.25, 0.3) is 11.0 Å². The summed E-state index contributed by atoms with van der Waals surface area (Å²) in [6.45, 7) is 0.0689. The molecule has 0 aliphatic carbocycles. The maximum absolute atomic E-state index is 8.80. The number of nitrogens with one attached hydrogen (secondary N) is 1. The van der Waals surface area contributed by atoms with E-state index in [1.54, 1.807) is 0 Å². The number of hydrogen-bond donors (Lipinski definition) is 3. The van der Waals surface area contributed by atoms with Crippen LogP contribution in [-0.4, -0.2) is 36.6 Å². The highest BCUT2D eigenvalue weighted by molar-refractivity contribution is 5.85. The van der Waals surface area contributed by atoms with E-state index >= 15 is 0 Å². The van der Waals surface area contributed by atoms with Crippen molar-refractivity contribution in [3.63, 3.8) is 0 Å². The lowest BCUT2D eigenvalue weighted by Gasteiger charge is -2.07. The zero-order valence-corrected chi connectivity index (χ0v) is 9.51. The monoisotopic (exact) mass is 237 g/mol. The first-order valence-electron chi connectivity index (χ1n) is 5.31. The van der Waals surface area contributed by atoms with Crippen LogP contribution in [0.3, 0.4) is 0 Å². The molecule has 6 nitrogen and oxygen atoms in total. The van der Waals surface area contributed by atoms with E-state index in [1.165, 1.54) is 0 Å². The molecule has 1 aromatic heterocycles. The van der Waals surface area contributed by atoms with Crippen molar-refractivity contribution in [3.8, 4) is 5.88 Å². The van der Waals surface area contributed by atoms with E-state index in [0.717, 1.165) is 11.1 Å². The van der Waals surface area contributed by atoms with Gasteiger partial charge in [-0.1, -0.05) is 0 Å². The molecule has 1 aromatic carbocycles. The number of nitrogens with two attached hydrogens (primary N) is 1. The number of anilines is 1. The van der Waals surface area contributed by atoms with Crippen LogP contribution < -0.4 is 15.8 Å². The summed E-state index contributed by atoms with van der Waals surface area (Å²) in [6, 6.07) is 5.16. The van der Waals surface area contributed by atoms with E-state index in [-0.39, 0.29) is 13.2 Å². The van der Waals surface area contributed by atoms with Crippen LogP contribution in [0.1, 0.15) is 0 Å². The Morgan fingerprint density at radius 3 is 3.12 bits per heavy atom. The lowest BCUT2D eigenvalue weighted by atomic mass is 10.2. The lowest BCUT2D eigenvalue weighted by molar-refractivity contribution is 0.198. The van der Waals surface area contributed by atoms with Crippen molar-refractivity contribution in [2.45, 2.75) is 6.04 Å². The van der Waals surface area contributed by atoms with Gasteiger partial charge >= 0.3 is 0 Å². The highest BCUT2D eigenvalue weighted by atomic mass is 16.5. The maximum atomic E-state index is 8.80. The summed E-state index contributed by atoms with van der Waals surface area (Å²) in [7, 11) is 1.83. The topological polar surface area (TPSA) is 93.5 Å². The van der Waals surface area contributed by atoms with Crippen molar-refractivity contribution in [1.82, 2.24) is 5.16 Å². The van der Waals surface area contributed by atoms with Crippen LogP contribution in [0.15, 0.2) is 22.7 Å². The summed E-state index contributed by atoms with van der Waals surface area (Å²) < 4.78 is 10.5. The minimum atomic E-state index is -0.422. The van der Waals surface area contributed by atoms with Crippen molar-refractivity contribution in [3.05, 3.63) is 18.2 Å². The van der Waals surface area contributed by atoms with Gasteiger partial charge in [0.15, 0.2) is 5.58 Å². The van der Waals surface area contributed by atoms with Gasteiger partial charge < -0.3 is 25.4 Å². The van der Waals surface area contributed by atoms with Crippen LogP contribution in [0.4, 0.5) is 5.69 Å². The Labute approximate surface area is 98.3 Å². The fourth-order valence-corrected chi connectivity index (χ4v) is 1.41. The molecule has 4 N–H and O–H groups in total. The highest BCUT2D eigenvalue weighted by Gasteiger charge is 2.11. The molecule has 92 valence electrons. The molecule has 2 rings (SSSR count). The van der Waals surface area contributed by atoms with Crippen molar-refractivity contribution in [2.75, 3.05) is 25.6 Å². The Morgan fingerprint density at radius 2 is 2.41 bits per heavy atom. The fourth-order valence-electron chi connectivity index (χ4n) is 1.41. The number of benzene rings is 1. The molecule has 0 saturated carbocycles. The number of aliphatic hydroxyl groups is 1. The standard InChI is InChI=1S/C11H15N3O3/c1-13-8-2-3-10-9(4-8)11(14-17-10)16-6-7(12)5-15/h2-4,7,13,15H,5-6,12H2,1H3. The van der Waals surface area contributed by atoms with Gasteiger partial charge in [0.25, 0.3) is 5.88 Å².